The van der Waals surface area contributed by atoms with Gasteiger partial charge in [-0.3, -0.25) is 9.69 Å². The zero-order valence-electron chi connectivity index (χ0n) is 12.8. The van der Waals surface area contributed by atoms with Crippen molar-refractivity contribution in [1.82, 2.24) is 15.1 Å². The van der Waals surface area contributed by atoms with Crippen LogP contribution in [0.15, 0.2) is 17.5 Å². The third-order valence-electron chi connectivity index (χ3n) is 4.62. The maximum absolute atomic E-state index is 12.6. The Bertz CT molecular complexity index is 454. The molecule has 2 unspecified atom stereocenters. The number of amides is 1. The van der Waals surface area contributed by atoms with E-state index < -0.39 is 0 Å². The second-order valence-corrected chi connectivity index (χ2v) is 7.29. The Balaban J connectivity index is 1.47. The Labute approximate surface area is 131 Å². The molecule has 5 heteroatoms. The SMILES string of the molecule is CC1CC(C(=O)N2CCN(Cc3cccs3)CC2)CCN1. The van der Waals surface area contributed by atoms with Gasteiger partial charge in [0.25, 0.3) is 0 Å². The largest absolute Gasteiger partial charge is 0.340 e. The molecule has 3 heterocycles. The maximum atomic E-state index is 12.6. The molecule has 21 heavy (non-hydrogen) atoms. The Morgan fingerprint density at radius 1 is 1.38 bits per heavy atom. The van der Waals surface area contributed by atoms with Gasteiger partial charge in [0, 0.05) is 49.6 Å². The summed E-state index contributed by atoms with van der Waals surface area (Å²) in [6.45, 7) is 7.98. The first-order valence-corrected chi connectivity index (χ1v) is 8.87. The summed E-state index contributed by atoms with van der Waals surface area (Å²) in [5, 5.41) is 5.56. The summed E-state index contributed by atoms with van der Waals surface area (Å²) in [6, 6.07) is 4.78. The van der Waals surface area contributed by atoms with Crippen molar-refractivity contribution in [3.63, 3.8) is 0 Å². The second kappa shape index (κ2) is 6.90. The van der Waals surface area contributed by atoms with Crippen LogP contribution >= 0.6 is 11.3 Å². The van der Waals surface area contributed by atoms with Gasteiger partial charge >= 0.3 is 0 Å². The highest BCUT2D eigenvalue weighted by Crippen LogP contribution is 2.20. The molecule has 2 saturated heterocycles. The molecule has 116 valence electrons. The molecule has 1 N–H and O–H groups in total. The number of carbonyl (C=O) groups is 1. The lowest BCUT2D eigenvalue weighted by Crippen LogP contribution is -2.51. The Kier molecular flexibility index (Phi) is 4.93. The van der Waals surface area contributed by atoms with Crippen LogP contribution in [-0.4, -0.2) is 54.5 Å². The van der Waals surface area contributed by atoms with Crippen LogP contribution in [-0.2, 0) is 11.3 Å². The first-order valence-electron chi connectivity index (χ1n) is 7.99. The lowest BCUT2D eigenvalue weighted by atomic mass is 9.92. The van der Waals surface area contributed by atoms with Gasteiger partial charge in [-0.05, 0) is 37.8 Å². The topological polar surface area (TPSA) is 35.6 Å². The van der Waals surface area contributed by atoms with E-state index in [1.165, 1.54) is 4.88 Å². The third-order valence-corrected chi connectivity index (χ3v) is 5.48. The van der Waals surface area contributed by atoms with Crippen LogP contribution in [0.3, 0.4) is 0 Å². The van der Waals surface area contributed by atoms with Crippen molar-refractivity contribution in [3.8, 4) is 0 Å². The number of nitrogens with one attached hydrogen (secondary N) is 1. The van der Waals surface area contributed by atoms with Gasteiger partial charge in [-0.1, -0.05) is 6.07 Å². The lowest BCUT2D eigenvalue weighted by Gasteiger charge is -2.37. The van der Waals surface area contributed by atoms with E-state index in [0.717, 1.165) is 52.1 Å². The molecule has 3 rings (SSSR count). The number of piperidine rings is 1. The number of rotatable bonds is 3. The zero-order chi connectivity index (χ0) is 14.7. The molecular formula is C16H25N3OS. The van der Waals surface area contributed by atoms with Crippen molar-refractivity contribution < 1.29 is 4.79 Å². The second-order valence-electron chi connectivity index (χ2n) is 6.26. The van der Waals surface area contributed by atoms with Crippen molar-refractivity contribution in [3.05, 3.63) is 22.4 Å². The smallest absolute Gasteiger partial charge is 0.225 e. The number of hydrogen-bond acceptors (Lipinski definition) is 4. The van der Waals surface area contributed by atoms with Gasteiger partial charge in [-0.2, -0.15) is 0 Å². The Morgan fingerprint density at radius 3 is 2.86 bits per heavy atom. The van der Waals surface area contributed by atoms with Crippen molar-refractivity contribution in [1.29, 1.82) is 0 Å². The van der Waals surface area contributed by atoms with Crippen LogP contribution in [0, 0.1) is 5.92 Å². The van der Waals surface area contributed by atoms with Crippen LogP contribution in [0.25, 0.3) is 0 Å². The fourth-order valence-electron chi connectivity index (χ4n) is 3.36. The van der Waals surface area contributed by atoms with Crippen molar-refractivity contribution in [2.75, 3.05) is 32.7 Å². The summed E-state index contributed by atoms with van der Waals surface area (Å²) in [5.41, 5.74) is 0. The number of hydrogen-bond donors (Lipinski definition) is 1. The number of carbonyl (C=O) groups excluding carboxylic acids is 1. The van der Waals surface area contributed by atoms with Gasteiger partial charge in [-0.25, -0.2) is 0 Å². The van der Waals surface area contributed by atoms with Gasteiger partial charge in [0.1, 0.15) is 0 Å². The molecule has 0 bridgehead atoms. The first kappa shape index (κ1) is 15.0. The third kappa shape index (κ3) is 3.84. The molecular weight excluding hydrogens is 282 g/mol. The summed E-state index contributed by atoms with van der Waals surface area (Å²) < 4.78 is 0. The molecule has 1 amide bonds. The minimum Gasteiger partial charge on any atom is -0.340 e. The molecule has 1 aromatic rings. The molecule has 2 aliphatic heterocycles. The normalized spacial score (nSPS) is 27.8. The van der Waals surface area contributed by atoms with E-state index in [2.05, 4.69) is 39.6 Å². The van der Waals surface area contributed by atoms with Gasteiger partial charge < -0.3 is 10.2 Å². The average molecular weight is 307 g/mol. The van der Waals surface area contributed by atoms with E-state index in [9.17, 15) is 4.79 Å². The van der Waals surface area contributed by atoms with Gasteiger partial charge in [0.2, 0.25) is 5.91 Å². The summed E-state index contributed by atoms with van der Waals surface area (Å²) in [6.07, 6.45) is 1.99. The molecule has 0 aliphatic carbocycles. The van der Waals surface area contributed by atoms with Gasteiger partial charge in [0.15, 0.2) is 0 Å². The van der Waals surface area contributed by atoms with Crippen molar-refractivity contribution in [2.24, 2.45) is 5.92 Å². The average Bonchev–Trinajstić information content (AvgIpc) is 3.00. The summed E-state index contributed by atoms with van der Waals surface area (Å²) in [5.74, 6) is 0.629. The van der Waals surface area contributed by atoms with E-state index >= 15 is 0 Å². The van der Waals surface area contributed by atoms with E-state index in [1.807, 2.05) is 11.3 Å². The predicted molar refractivity (Wildman–Crippen MR) is 86.4 cm³/mol. The van der Waals surface area contributed by atoms with Crippen LogP contribution in [0.5, 0.6) is 0 Å². The zero-order valence-corrected chi connectivity index (χ0v) is 13.6. The molecule has 0 aromatic carbocycles. The highest BCUT2D eigenvalue weighted by atomic mass is 32.1. The Hall–Kier alpha value is -0.910. The quantitative estimate of drug-likeness (QED) is 0.924. The monoisotopic (exact) mass is 307 g/mol. The summed E-state index contributed by atoms with van der Waals surface area (Å²) >= 11 is 1.82. The van der Waals surface area contributed by atoms with Crippen LogP contribution < -0.4 is 5.32 Å². The minimum absolute atomic E-state index is 0.241. The van der Waals surface area contributed by atoms with E-state index in [4.69, 9.17) is 0 Å². The molecule has 2 aliphatic rings. The molecule has 1 aromatic heterocycles. The molecule has 2 atom stereocenters. The van der Waals surface area contributed by atoms with Gasteiger partial charge in [-0.15, -0.1) is 11.3 Å². The number of piperazine rings is 1. The number of thiophene rings is 1. The van der Waals surface area contributed by atoms with Crippen LogP contribution in [0.2, 0.25) is 0 Å². The molecule has 4 nitrogen and oxygen atoms in total. The maximum Gasteiger partial charge on any atom is 0.225 e. The van der Waals surface area contributed by atoms with E-state index in [1.54, 1.807) is 0 Å². The number of nitrogens with zero attached hydrogens (tertiary/aromatic N) is 2. The molecule has 2 fully saturated rings. The standard InChI is InChI=1S/C16H25N3OS/c1-13-11-14(4-5-17-13)16(20)19-8-6-18(7-9-19)12-15-3-2-10-21-15/h2-3,10,13-14,17H,4-9,11-12H2,1H3. The minimum atomic E-state index is 0.241. The molecule has 0 spiro atoms. The van der Waals surface area contributed by atoms with E-state index in [0.29, 0.717) is 11.9 Å². The fourth-order valence-corrected chi connectivity index (χ4v) is 4.11. The molecule has 0 radical (unpaired) electrons. The summed E-state index contributed by atoms with van der Waals surface area (Å²) in [7, 11) is 0. The fraction of sp³-hybridized carbons (Fsp3) is 0.688. The summed E-state index contributed by atoms with van der Waals surface area (Å²) in [4.78, 5) is 18.6. The predicted octanol–water partition coefficient (Wildman–Crippen LogP) is 1.78. The van der Waals surface area contributed by atoms with Crippen LogP contribution in [0.1, 0.15) is 24.6 Å². The highest BCUT2D eigenvalue weighted by molar-refractivity contribution is 7.09. The molecule has 0 saturated carbocycles. The van der Waals surface area contributed by atoms with Crippen molar-refractivity contribution >= 4 is 17.2 Å². The van der Waals surface area contributed by atoms with Crippen LogP contribution in [0.4, 0.5) is 0 Å². The lowest BCUT2D eigenvalue weighted by molar-refractivity contribution is -0.138. The van der Waals surface area contributed by atoms with Gasteiger partial charge in [0.05, 0.1) is 0 Å². The van der Waals surface area contributed by atoms with Crippen molar-refractivity contribution in [2.45, 2.75) is 32.4 Å². The first-order chi connectivity index (χ1) is 10.2. The Morgan fingerprint density at radius 2 is 2.19 bits per heavy atom. The van der Waals surface area contributed by atoms with E-state index in [-0.39, 0.29) is 5.92 Å². The highest BCUT2D eigenvalue weighted by Gasteiger charge is 2.30.